The Balaban J connectivity index is 2.05. The summed E-state index contributed by atoms with van der Waals surface area (Å²) in [6.45, 7) is 2.24. The molecule has 1 aromatic carbocycles. The third-order valence-electron chi connectivity index (χ3n) is 3.56. The first-order chi connectivity index (χ1) is 10.7. The molecule has 0 fully saturated rings. The summed E-state index contributed by atoms with van der Waals surface area (Å²) in [5.74, 6) is 0.00757. The Kier molecular flexibility index (Phi) is 11.0. The molecule has 0 bridgehead atoms. The van der Waals surface area contributed by atoms with Gasteiger partial charge in [-0.25, -0.2) is 5.43 Å². The van der Waals surface area contributed by atoms with E-state index < -0.39 is 0 Å². The average molecular weight is 414 g/mol. The van der Waals surface area contributed by atoms with E-state index >= 15 is 0 Å². The third-order valence-corrected chi connectivity index (χ3v) is 4.54. The van der Waals surface area contributed by atoms with Gasteiger partial charge < -0.3 is 0 Å². The van der Waals surface area contributed by atoms with Crippen molar-refractivity contribution in [3.05, 3.63) is 33.4 Å². The van der Waals surface area contributed by atoms with E-state index in [1.165, 1.54) is 38.5 Å². The standard InChI is InChI=1S/C18H27IN2O/c1-2-3-4-5-6-7-8-9-14-18(22)21-20-15-16-12-10-11-13-17(16)19/h10-13,15H,2-9,14H2,1H3,(H,21,22)/b20-15+. The van der Waals surface area contributed by atoms with Crippen molar-refractivity contribution in [3.63, 3.8) is 0 Å². The lowest BCUT2D eigenvalue weighted by molar-refractivity contribution is -0.121. The van der Waals surface area contributed by atoms with Crippen LogP contribution in [0.5, 0.6) is 0 Å². The number of amides is 1. The highest BCUT2D eigenvalue weighted by Crippen LogP contribution is 2.10. The highest BCUT2D eigenvalue weighted by Gasteiger charge is 2.00. The first-order valence-electron chi connectivity index (χ1n) is 8.30. The molecule has 1 rings (SSSR count). The largest absolute Gasteiger partial charge is 0.273 e. The number of rotatable bonds is 11. The lowest BCUT2D eigenvalue weighted by Crippen LogP contribution is -2.17. The maximum absolute atomic E-state index is 11.7. The number of halogens is 1. The average Bonchev–Trinajstić information content (AvgIpc) is 2.52. The fraction of sp³-hybridized carbons (Fsp3) is 0.556. The second-order valence-electron chi connectivity index (χ2n) is 5.54. The van der Waals surface area contributed by atoms with Crippen molar-refractivity contribution in [3.8, 4) is 0 Å². The Morgan fingerprint density at radius 1 is 1.09 bits per heavy atom. The summed E-state index contributed by atoms with van der Waals surface area (Å²) in [6, 6.07) is 7.95. The van der Waals surface area contributed by atoms with E-state index in [0.717, 1.165) is 22.0 Å². The van der Waals surface area contributed by atoms with Gasteiger partial charge in [0, 0.05) is 15.6 Å². The first-order valence-corrected chi connectivity index (χ1v) is 9.38. The van der Waals surface area contributed by atoms with Gasteiger partial charge in [-0.15, -0.1) is 0 Å². The highest BCUT2D eigenvalue weighted by atomic mass is 127. The molecular formula is C18H27IN2O. The van der Waals surface area contributed by atoms with Crippen LogP contribution in [0.4, 0.5) is 0 Å². The molecule has 0 saturated heterocycles. The van der Waals surface area contributed by atoms with Crippen molar-refractivity contribution >= 4 is 34.7 Å². The maximum atomic E-state index is 11.7. The van der Waals surface area contributed by atoms with Crippen LogP contribution in [0.2, 0.25) is 0 Å². The van der Waals surface area contributed by atoms with Gasteiger partial charge in [0.1, 0.15) is 0 Å². The molecule has 22 heavy (non-hydrogen) atoms. The number of benzene rings is 1. The number of unbranched alkanes of at least 4 members (excludes halogenated alkanes) is 7. The molecule has 0 heterocycles. The van der Waals surface area contributed by atoms with Crippen molar-refractivity contribution in [2.45, 2.75) is 64.7 Å². The maximum Gasteiger partial charge on any atom is 0.240 e. The van der Waals surface area contributed by atoms with E-state index in [0.29, 0.717) is 6.42 Å². The number of nitrogens with zero attached hydrogens (tertiary/aromatic N) is 1. The lowest BCUT2D eigenvalue weighted by atomic mass is 10.1. The molecule has 1 amide bonds. The van der Waals surface area contributed by atoms with Gasteiger partial charge in [-0.3, -0.25) is 4.79 Å². The van der Waals surface area contributed by atoms with E-state index in [1.807, 2.05) is 24.3 Å². The van der Waals surface area contributed by atoms with Crippen LogP contribution < -0.4 is 5.43 Å². The third kappa shape index (κ3) is 9.18. The smallest absolute Gasteiger partial charge is 0.240 e. The quantitative estimate of drug-likeness (QED) is 0.228. The molecule has 0 aliphatic heterocycles. The summed E-state index contributed by atoms with van der Waals surface area (Å²) >= 11 is 2.26. The van der Waals surface area contributed by atoms with Gasteiger partial charge in [0.15, 0.2) is 0 Å². The molecule has 0 aliphatic rings. The highest BCUT2D eigenvalue weighted by molar-refractivity contribution is 14.1. The fourth-order valence-corrected chi connectivity index (χ4v) is 2.76. The molecule has 0 atom stereocenters. The minimum absolute atomic E-state index is 0.00757. The lowest BCUT2D eigenvalue weighted by Gasteiger charge is -2.02. The predicted molar refractivity (Wildman–Crippen MR) is 102 cm³/mol. The second-order valence-corrected chi connectivity index (χ2v) is 6.70. The van der Waals surface area contributed by atoms with E-state index in [4.69, 9.17) is 0 Å². The summed E-state index contributed by atoms with van der Waals surface area (Å²) in [7, 11) is 0. The molecule has 0 spiro atoms. The van der Waals surface area contributed by atoms with Crippen molar-refractivity contribution in [1.29, 1.82) is 0 Å². The van der Waals surface area contributed by atoms with E-state index in [-0.39, 0.29) is 5.91 Å². The molecule has 122 valence electrons. The molecule has 0 unspecified atom stereocenters. The first kappa shape index (κ1) is 19.1. The van der Waals surface area contributed by atoms with Crippen molar-refractivity contribution in [1.82, 2.24) is 5.43 Å². The van der Waals surface area contributed by atoms with Gasteiger partial charge in [0.25, 0.3) is 0 Å². The number of carbonyl (C=O) groups is 1. The van der Waals surface area contributed by atoms with E-state index in [1.54, 1.807) is 6.21 Å². The summed E-state index contributed by atoms with van der Waals surface area (Å²) in [6.07, 6.45) is 12.2. The Bertz CT molecular complexity index is 460. The zero-order valence-corrected chi connectivity index (χ0v) is 15.6. The number of hydrazone groups is 1. The molecular weight excluding hydrogens is 387 g/mol. The van der Waals surface area contributed by atoms with Gasteiger partial charge in [0.05, 0.1) is 6.21 Å². The van der Waals surface area contributed by atoms with Crippen LogP contribution in [0.15, 0.2) is 29.4 Å². The number of carbonyl (C=O) groups excluding carboxylic acids is 1. The Labute approximate surface area is 148 Å². The molecule has 0 aromatic heterocycles. The number of nitrogens with one attached hydrogen (secondary N) is 1. The molecule has 0 saturated carbocycles. The Hall–Kier alpha value is -0.910. The Morgan fingerprint density at radius 2 is 1.73 bits per heavy atom. The predicted octanol–water partition coefficient (Wildman–Crippen LogP) is 5.27. The normalized spacial score (nSPS) is 11.0. The fourth-order valence-electron chi connectivity index (χ4n) is 2.23. The van der Waals surface area contributed by atoms with Crippen LogP contribution in [0.25, 0.3) is 0 Å². The van der Waals surface area contributed by atoms with E-state index in [2.05, 4.69) is 40.0 Å². The monoisotopic (exact) mass is 414 g/mol. The van der Waals surface area contributed by atoms with Crippen molar-refractivity contribution < 1.29 is 4.79 Å². The summed E-state index contributed by atoms with van der Waals surface area (Å²) in [4.78, 5) is 11.7. The van der Waals surface area contributed by atoms with Crippen LogP contribution >= 0.6 is 22.6 Å². The van der Waals surface area contributed by atoms with Crippen LogP contribution in [-0.2, 0) is 4.79 Å². The molecule has 4 heteroatoms. The van der Waals surface area contributed by atoms with Crippen LogP contribution in [0.3, 0.4) is 0 Å². The molecule has 3 nitrogen and oxygen atoms in total. The van der Waals surface area contributed by atoms with Crippen molar-refractivity contribution in [2.24, 2.45) is 5.10 Å². The van der Waals surface area contributed by atoms with E-state index in [9.17, 15) is 4.79 Å². The second kappa shape index (κ2) is 12.6. The van der Waals surface area contributed by atoms with Gasteiger partial charge in [0.2, 0.25) is 5.91 Å². The SMILES string of the molecule is CCCCCCCCCCC(=O)N/N=C/c1ccccc1I. The minimum atomic E-state index is 0.00757. The van der Waals surface area contributed by atoms with Crippen molar-refractivity contribution in [2.75, 3.05) is 0 Å². The minimum Gasteiger partial charge on any atom is -0.273 e. The molecule has 0 radical (unpaired) electrons. The summed E-state index contributed by atoms with van der Waals surface area (Å²) < 4.78 is 1.13. The summed E-state index contributed by atoms with van der Waals surface area (Å²) in [5.41, 5.74) is 3.63. The van der Waals surface area contributed by atoms with Gasteiger partial charge in [-0.1, -0.05) is 70.1 Å². The Morgan fingerprint density at radius 3 is 2.41 bits per heavy atom. The van der Waals surface area contributed by atoms with Gasteiger partial charge >= 0.3 is 0 Å². The van der Waals surface area contributed by atoms with Crippen LogP contribution in [0, 0.1) is 3.57 Å². The molecule has 0 aliphatic carbocycles. The van der Waals surface area contributed by atoms with Crippen LogP contribution in [0.1, 0.15) is 70.3 Å². The zero-order valence-electron chi connectivity index (χ0n) is 13.5. The zero-order chi connectivity index (χ0) is 16.0. The number of hydrogen-bond acceptors (Lipinski definition) is 2. The molecule has 1 aromatic rings. The topological polar surface area (TPSA) is 41.5 Å². The molecule has 1 N–H and O–H groups in total. The van der Waals surface area contributed by atoms with Crippen LogP contribution in [-0.4, -0.2) is 12.1 Å². The van der Waals surface area contributed by atoms with Gasteiger partial charge in [-0.05, 0) is 35.1 Å². The number of hydrogen-bond donors (Lipinski definition) is 1. The van der Waals surface area contributed by atoms with Gasteiger partial charge in [-0.2, -0.15) is 5.10 Å². The summed E-state index contributed by atoms with van der Waals surface area (Å²) in [5, 5.41) is 4.02.